The van der Waals surface area contributed by atoms with Crippen LogP contribution in [-0.4, -0.2) is 41.0 Å². The normalized spacial score (nSPS) is 23.6. The smallest absolute Gasteiger partial charge is 0.324 e. The maximum absolute atomic E-state index is 11.8. The highest BCUT2D eigenvalue weighted by atomic mass is 16.4. The summed E-state index contributed by atoms with van der Waals surface area (Å²) in [6.07, 6.45) is 0.505. The van der Waals surface area contributed by atoms with Gasteiger partial charge < -0.3 is 10.0 Å². The summed E-state index contributed by atoms with van der Waals surface area (Å²) in [4.78, 5) is 35.0. The van der Waals surface area contributed by atoms with Crippen LogP contribution in [0, 0.1) is 11.8 Å². The fourth-order valence-electron chi connectivity index (χ4n) is 1.93. The van der Waals surface area contributed by atoms with Crippen LogP contribution in [0.5, 0.6) is 0 Å². The standard InChI is InChI=1S/C12H20N2O4/c1-8-5-6-14(7-9(8)2)12(18)13-10(15)3-4-11(16)17/h8-9H,3-7H2,1-2H3,(H,16,17)(H,13,15,18). The average molecular weight is 256 g/mol. The number of nitrogens with zero attached hydrogens (tertiary/aromatic N) is 1. The Labute approximate surface area is 106 Å². The van der Waals surface area contributed by atoms with Gasteiger partial charge in [0.1, 0.15) is 0 Å². The second-order valence-corrected chi connectivity index (χ2v) is 4.94. The quantitative estimate of drug-likeness (QED) is 0.790. The minimum atomic E-state index is -1.04. The van der Waals surface area contributed by atoms with Gasteiger partial charge in [0.2, 0.25) is 5.91 Å². The molecule has 0 aromatic rings. The van der Waals surface area contributed by atoms with Crippen molar-refractivity contribution in [3.63, 3.8) is 0 Å². The van der Waals surface area contributed by atoms with Crippen molar-refractivity contribution >= 4 is 17.9 Å². The number of urea groups is 1. The summed E-state index contributed by atoms with van der Waals surface area (Å²) < 4.78 is 0. The molecule has 3 amide bonds. The number of aliphatic carboxylic acids is 1. The first-order chi connectivity index (χ1) is 8.40. The molecule has 102 valence electrons. The molecule has 0 aromatic carbocycles. The molecule has 0 spiro atoms. The van der Waals surface area contributed by atoms with E-state index < -0.39 is 17.9 Å². The zero-order valence-electron chi connectivity index (χ0n) is 10.8. The van der Waals surface area contributed by atoms with Crippen molar-refractivity contribution in [1.82, 2.24) is 10.2 Å². The highest BCUT2D eigenvalue weighted by Crippen LogP contribution is 2.22. The van der Waals surface area contributed by atoms with Gasteiger partial charge in [-0.25, -0.2) is 4.79 Å². The molecule has 6 nitrogen and oxygen atoms in total. The lowest BCUT2D eigenvalue weighted by Crippen LogP contribution is -2.48. The molecule has 2 N–H and O–H groups in total. The molecule has 1 rings (SSSR count). The zero-order chi connectivity index (χ0) is 13.7. The van der Waals surface area contributed by atoms with Crippen molar-refractivity contribution in [2.45, 2.75) is 33.1 Å². The van der Waals surface area contributed by atoms with E-state index in [1.54, 1.807) is 4.90 Å². The Morgan fingerprint density at radius 3 is 2.44 bits per heavy atom. The maximum atomic E-state index is 11.8. The Morgan fingerprint density at radius 1 is 1.22 bits per heavy atom. The van der Waals surface area contributed by atoms with E-state index in [1.807, 2.05) is 0 Å². The fourth-order valence-corrected chi connectivity index (χ4v) is 1.93. The van der Waals surface area contributed by atoms with E-state index in [0.717, 1.165) is 6.42 Å². The number of amides is 3. The molecule has 1 fully saturated rings. The third-order valence-electron chi connectivity index (χ3n) is 3.43. The summed E-state index contributed by atoms with van der Waals surface area (Å²) >= 11 is 0. The van der Waals surface area contributed by atoms with Gasteiger partial charge in [-0.05, 0) is 18.3 Å². The monoisotopic (exact) mass is 256 g/mol. The first-order valence-corrected chi connectivity index (χ1v) is 6.20. The van der Waals surface area contributed by atoms with Crippen molar-refractivity contribution in [1.29, 1.82) is 0 Å². The van der Waals surface area contributed by atoms with E-state index in [9.17, 15) is 14.4 Å². The van der Waals surface area contributed by atoms with E-state index >= 15 is 0 Å². The summed E-state index contributed by atoms with van der Waals surface area (Å²) in [6, 6.07) is -0.413. The predicted octanol–water partition coefficient (Wildman–Crippen LogP) is 1.07. The third-order valence-corrected chi connectivity index (χ3v) is 3.43. The fraction of sp³-hybridized carbons (Fsp3) is 0.750. The summed E-state index contributed by atoms with van der Waals surface area (Å²) in [7, 11) is 0. The van der Waals surface area contributed by atoms with Gasteiger partial charge in [0.05, 0.1) is 6.42 Å². The predicted molar refractivity (Wildman–Crippen MR) is 64.9 cm³/mol. The van der Waals surface area contributed by atoms with Crippen LogP contribution < -0.4 is 5.32 Å². The van der Waals surface area contributed by atoms with Gasteiger partial charge in [-0.15, -0.1) is 0 Å². The van der Waals surface area contributed by atoms with Gasteiger partial charge in [0.25, 0.3) is 0 Å². The Bertz CT molecular complexity index is 343. The summed E-state index contributed by atoms with van der Waals surface area (Å²) in [5, 5.41) is 10.7. The molecule has 1 aliphatic rings. The molecule has 0 aliphatic carbocycles. The molecule has 0 saturated carbocycles. The molecule has 1 aliphatic heterocycles. The van der Waals surface area contributed by atoms with E-state index in [0.29, 0.717) is 24.9 Å². The Morgan fingerprint density at radius 2 is 1.89 bits per heavy atom. The summed E-state index contributed by atoms with van der Waals surface area (Å²) in [5.74, 6) is -0.581. The van der Waals surface area contributed by atoms with Crippen LogP contribution in [0.25, 0.3) is 0 Å². The molecule has 2 unspecified atom stereocenters. The minimum Gasteiger partial charge on any atom is -0.481 e. The molecule has 1 heterocycles. The van der Waals surface area contributed by atoms with Crippen molar-refractivity contribution in [2.24, 2.45) is 11.8 Å². The van der Waals surface area contributed by atoms with Crippen molar-refractivity contribution < 1.29 is 19.5 Å². The van der Waals surface area contributed by atoms with Gasteiger partial charge in [0, 0.05) is 19.5 Å². The van der Waals surface area contributed by atoms with Crippen LogP contribution in [0.2, 0.25) is 0 Å². The largest absolute Gasteiger partial charge is 0.481 e. The highest BCUT2D eigenvalue weighted by molar-refractivity contribution is 5.95. The van der Waals surface area contributed by atoms with Crippen LogP contribution in [0.3, 0.4) is 0 Å². The molecule has 18 heavy (non-hydrogen) atoms. The summed E-state index contributed by atoms with van der Waals surface area (Å²) in [5.41, 5.74) is 0. The number of hydrogen-bond donors (Lipinski definition) is 2. The summed E-state index contributed by atoms with van der Waals surface area (Å²) in [6.45, 7) is 5.51. The number of likely N-dealkylation sites (tertiary alicyclic amines) is 1. The second-order valence-electron chi connectivity index (χ2n) is 4.94. The van der Waals surface area contributed by atoms with Gasteiger partial charge >= 0.3 is 12.0 Å². The third kappa shape index (κ3) is 4.35. The van der Waals surface area contributed by atoms with Crippen LogP contribution in [0.15, 0.2) is 0 Å². The van der Waals surface area contributed by atoms with Crippen molar-refractivity contribution in [3.05, 3.63) is 0 Å². The molecule has 0 aromatic heterocycles. The Balaban J connectivity index is 2.36. The van der Waals surface area contributed by atoms with E-state index in [-0.39, 0.29) is 12.8 Å². The molecule has 6 heteroatoms. The SMILES string of the molecule is CC1CCN(C(=O)NC(=O)CCC(=O)O)CC1C. The maximum Gasteiger partial charge on any atom is 0.324 e. The molecule has 0 radical (unpaired) electrons. The van der Waals surface area contributed by atoms with Crippen molar-refractivity contribution in [2.75, 3.05) is 13.1 Å². The topological polar surface area (TPSA) is 86.7 Å². The number of carbonyl (C=O) groups is 3. The number of piperidine rings is 1. The van der Waals surface area contributed by atoms with Crippen LogP contribution in [0.1, 0.15) is 33.1 Å². The Hall–Kier alpha value is -1.59. The van der Waals surface area contributed by atoms with Gasteiger partial charge in [-0.3, -0.25) is 14.9 Å². The van der Waals surface area contributed by atoms with Gasteiger partial charge in [-0.2, -0.15) is 0 Å². The number of carboxylic acid groups (broad SMARTS) is 1. The molecule has 0 bridgehead atoms. The number of imide groups is 1. The van der Waals surface area contributed by atoms with Crippen LogP contribution in [-0.2, 0) is 9.59 Å². The number of carboxylic acids is 1. The lowest BCUT2D eigenvalue weighted by molar-refractivity contribution is -0.138. The Kier molecular flexibility index (Phi) is 5.12. The molecule has 1 saturated heterocycles. The van der Waals surface area contributed by atoms with Crippen molar-refractivity contribution in [3.8, 4) is 0 Å². The number of nitrogens with one attached hydrogen (secondary N) is 1. The second kappa shape index (κ2) is 6.37. The first kappa shape index (κ1) is 14.5. The lowest BCUT2D eigenvalue weighted by atomic mass is 9.89. The molecular formula is C12H20N2O4. The number of carbonyl (C=O) groups excluding carboxylic acids is 2. The molecule has 2 atom stereocenters. The number of rotatable bonds is 3. The number of hydrogen-bond acceptors (Lipinski definition) is 3. The first-order valence-electron chi connectivity index (χ1n) is 6.20. The average Bonchev–Trinajstić information content (AvgIpc) is 2.30. The molecular weight excluding hydrogens is 236 g/mol. The van der Waals surface area contributed by atoms with Gasteiger partial charge in [-0.1, -0.05) is 13.8 Å². The van der Waals surface area contributed by atoms with Crippen LogP contribution in [0.4, 0.5) is 4.79 Å². The minimum absolute atomic E-state index is 0.166. The lowest BCUT2D eigenvalue weighted by Gasteiger charge is -2.34. The van der Waals surface area contributed by atoms with E-state index in [4.69, 9.17) is 5.11 Å². The van der Waals surface area contributed by atoms with Crippen LogP contribution >= 0.6 is 0 Å². The highest BCUT2D eigenvalue weighted by Gasteiger charge is 2.26. The van der Waals surface area contributed by atoms with E-state index in [2.05, 4.69) is 19.2 Å². The zero-order valence-corrected chi connectivity index (χ0v) is 10.8. The van der Waals surface area contributed by atoms with Gasteiger partial charge in [0.15, 0.2) is 0 Å². The van der Waals surface area contributed by atoms with E-state index in [1.165, 1.54) is 0 Å².